The zero-order valence-electron chi connectivity index (χ0n) is 8.52. The molecule has 1 unspecified atom stereocenters. The molecule has 14 heavy (non-hydrogen) atoms. The summed E-state index contributed by atoms with van der Waals surface area (Å²) in [5.41, 5.74) is 1.31. The summed E-state index contributed by atoms with van der Waals surface area (Å²) >= 11 is 0. The summed E-state index contributed by atoms with van der Waals surface area (Å²) in [4.78, 5) is 0. The molecule has 0 bridgehead atoms. The summed E-state index contributed by atoms with van der Waals surface area (Å²) in [5, 5.41) is 3.07. The summed E-state index contributed by atoms with van der Waals surface area (Å²) in [7, 11) is 0. The van der Waals surface area contributed by atoms with Gasteiger partial charge in [0.2, 0.25) is 0 Å². The van der Waals surface area contributed by atoms with Gasteiger partial charge in [-0.1, -0.05) is 29.8 Å². The summed E-state index contributed by atoms with van der Waals surface area (Å²) in [6.07, 6.45) is 1.18. The predicted octanol–water partition coefficient (Wildman–Crippen LogP) is 2.24. The van der Waals surface area contributed by atoms with Crippen LogP contribution in [-0.4, -0.2) is 18.8 Å². The Hall–Kier alpha value is -0.890. The maximum atomic E-state index is 14.0. The molecule has 1 heterocycles. The summed E-state index contributed by atoms with van der Waals surface area (Å²) < 4.78 is 14.0. The van der Waals surface area contributed by atoms with Crippen molar-refractivity contribution in [1.29, 1.82) is 0 Å². The lowest BCUT2D eigenvalue weighted by molar-refractivity contribution is 0.190. The van der Waals surface area contributed by atoms with E-state index in [4.69, 9.17) is 0 Å². The highest BCUT2D eigenvalue weighted by molar-refractivity contribution is 5.23. The van der Waals surface area contributed by atoms with Crippen LogP contribution in [0.5, 0.6) is 0 Å². The van der Waals surface area contributed by atoms with E-state index in [1.54, 1.807) is 0 Å². The molecule has 1 fully saturated rings. The first-order valence-corrected chi connectivity index (χ1v) is 5.13. The molecule has 76 valence electrons. The number of hydrogen-bond donors (Lipinski definition) is 1. The van der Waals surface area contributed by atoms with Gasteiger partial charge in [-0.2, -0.15) is 0 Å². The fraction of sp³-hybridized carbons (Fsp3) is 0.500. The quantitative estimate of drug-likeness (QED) is 0.759. The summed E-state index contributed by atoms with van der Waals surface area (Å²) in [6.45, 7) is 3.36. The molecular weight excluding hydrogens is 177 g/mol. The van der Waals surface area contributed by atoms with Crippen molar-refractivity contribution < 1.29 is 4.39 Å². The second-order valence-electron chi connectivity index (χ2n) is 4.24. The third-order valence-electron chi connectivity index (χ3n) is 2.83. The Morgan fingerprint density at radius 2 is 2.07 bits per heavy atom. The van der Waals surface area contributed by atoms with Gasteiger partial charge in [-0.05, 0) is 25.5 Å². The van der Waals surface area contributed by atoms with Crippen molar-refractivity contribution in [2.75, 3.05) is 13.1 Å². The second kappa shape index (κ2) is 3.70. The fourth-order valence-electron chi connectivity index (χ4n) is 1.94. The van der Waals surface area contributed by atoms with Crippen LogP contribution in [-0.2, 0) is 6.42 Å². The van der Waals surface area contributed by atoms with Crippen molar-refractivity contribution in [2.24, 2.45) is 0 Å². The van der Waals surface area contributed by atoms with Crippen molar-refractivity contribution in [3.8, 4) is 0 Å². The van der Waals surface area contributed by atoms with Gasteiger partial charge in [-0.25, -0.2) is 4.39 Å². The first-order chi connectivity index (χ1) is 6.68. The van der Waals surface area contributed by atoms with Gasteiger partial charge in [0, 0.05) is 13.0 Å². The number of alkyl halides is 1. The monoisotopic (exact) mass is 193 g/mol. The number of rotatable bonds is 2. The molecule has 1 nitrogen and oxygen atoms in total. The third kappa shape index (κ3) is 2.13. The van der Waals surface area contributed by atoms with Crippen molar-refractivity contribution >= 4 is 0 Å². The average Bonchev–Trinajstić information content (AvgIpc) is 2.57. The molecule has 1 aliphatic rings. The van der Waals surface area contributed by atoms with Gasteiger partial charge in [-0.3, -0.25) is 0 Å². The smallest absolute Gasteiger partial charge is 0.128 e. The van der Waals surface area contributed by atoms with E-state index in [-0.39, 0.29) is 0 Å². The first kappa shape index (κ1) is 9.66. The van der Waals surface area contributed by atoms with Crippen LogP contribution >= 0.6 is 0 Å². The van der Waals surface area contributed by atoms with Crippen LogP contribution in [0.2, 0.25) is 0 Å². The lowest BCUT2D eigenvalue weighted by atomic mass is 9.95. The van der Waals surface area contributed by atoms with Crippen LogP contribution < -0.4 is 5.32 Å². The first-order valence-electron chi connectivity index (χ1n) is 5.13. The Bertz CT molecular complexity index is 299. The minimum Gasteiger partial charge on any atom is -0.313 e. The summed E-state index contributed by atoms with van der Waals surface area (Å²) in [6, 6.07) is 8.13. The molecule has 0 aromatic heterocycles. The van der Waals surface area contributed by atoms with Crippen LogP contribution in [0, 0.1) is 6.92 Å². The molecule has 1 saturated heterocycles. The fourth-order valence-corrected chi connectivity index (χ4v) is 1.94. The Kier molecular flexibility index (Phi) is 2.55. The Morgan fingerprint density at radius 3 is 2.64 bits per heavy atom. The van der Waals surface area contributed by atoms with E-state index < -0.39 is 5.67 Å². The van der Waals surface area contributed by atoms with Crippen LogP contribution in [0.25, 0.3) is 0 Å². The molecule has 1 atom stereocenters. The topological polar surface area (TPSA) is 12.0 Å². The maximum absolute atomic E-state index is 14.0. The Morgan fingerprint density at radius 1 is 1.36 bits per heavy atom. The predicted molar refractivity (Wildman–Crippen MR) is 56.2 cm³/mol. The molecular formula is C12H16FN. The van der Waals surface area contributed by atoms with Crippen LogP contribution in [0.1, 0.15) is 17.5 Å². The lowest BCUT2D eigenvalue weighted by Gasteiger charge is -2.17. The molecule has 0 aliphatic carbocycles. The van der Waals surface area contributed by atoms with Gasteiger partial charge < -0.3 is 5.32 Å². The molecule has 1 N–H and O–H groups in total. The molecule has 1 aliphatic heterocycles. The normalized spacial score (nSPS) is 26.7. The van der Waals surface area contributed by atoms with Gasteiger partial charge in [0.1, 0.15) is 5.67 Å². The minimum absolute atomic E-state index is 0.501. The molecule has 0 radical (unpaired) electrons. The van der Waals surface area contributed by atoms with E-state index in [0.29, 0.717) is 19.4 Å². The highest BCUT2D eigenvalue weighted by atomic mass is 19.1. The maximum Gasteiger partial charge on any atom is 0.128 e. The second-order valence-corrected chi connectivity index (χ2v) is 4.24. The van der Waals surface area contributed by atoms with E-state index in [1.807, 2.05) is 31.2 Å². The number of nitrogens with one attached hydrogen (secondary N) is 1. The molecule has 1 aromatic rings. The van der Waals surface area contributed by atoms with Gasteiger partial charge in [0.05, 0.1) is 0 Å². The average molecular weight is 193 g/mol. The number of halogens is 1. The standard InChI is InChI=1S/C12H16FN/c1-10-2-4-11(5-3-10)8-12(13)6-7-14-9-12/h2-5,14H,6-9H2,1H3. The zero-order chi connectivity index (χ0) is 10.0. The van der Waals surface area contributed by atoms with Gasteiger partial charge in [-0.15, -0.1) is 0 Å². The van der Waals surface area contributed by atoms with Gasteiger partial charge in [0.25, 0.3) is 0 Å². The molecule has 0 amide bonds. The molecule has 0 spiro atoms. The van der Waals surface area contributed by atoms with Gasteiger partial charge >= 0.3 is 0 Å². The summed E-state index contributed by atoms with van der Waals surface area (Å²) in [5.74, 6) is 0. The lowest BCUT2D eigenvalue weighted by Crippen LogP contribution is -2.28. The van der Waals surface area contributed by atoms with Crippen molar-refractivity contribution in [1.82, 2.24) is 5.32 Å². The van der Waals surface area contributed by atoms with Crippen LogP contribution in [0.3, 0.4) is 0 Å². The van der Waals surface area contributed by atoms with Gasteiger partial charge in [0.15, 0.2) is 0 Å². The SMILES string of the molecule is Cc1ccc(CC2(F)CCNC2)cc1. The van der Waals surface area contributed by atoms with E-state index in [9.17, 15) is 4.39 Å². The molecule has 2 heteroatoms. The number of hydrogen-bond acceptors (Lipinski definition) is 1. The number of aryl methyl sites for hydroxylation is 1. The molecule has 0 saturated carbocycles. The van der Waals surface area contributed by atoms with Crippen molar-refractivity contribution in [3.05, 3.63) is 35.4 Å². The Balaban J connectivity index is 2.06. The van der Waals surface area contributed by atoms with E-state index >= 15 is 0 Å². The van der Waals surface area contributed by atoms with E-state index in [0.717, 1.165) is 12.1 Å². The Labute approximate surface area is 84.3 Å². The van der Waals surface area contributed by atoms with Crippen LogP contribution in [0.4, 0.5) is 4.39 Å². The van der Waals surface area contributed by atoms with E-state index in [2.05, 4.69) is 5.32 Å². The highest BCUT2D eigenvalue weighted by Crippen LogP contribution is 2.24. The largest absolute Gasteiger partial charge is 0.313 e. The number of benzene rings is 1. The van der Waals surface area contributed by atoms with Crippen molar-refractivity contribution in [3.63, 3.8) is 0 Å². The highest BCUT2D eigenvalue weighted by Gasteiger charge is 2.33. The van der Waals surface area contributed by atoms with E-state index in [1.165, 1.54) is 5.56 Å². The molecule has 1 aromatic carbocycles. The van der Waals surface area contributed by atoms with Crippen molar-refractivity contribution in [2.45, 2.75) is 25.4 Å². The zero-order valence-corrected chi connectivity index (χ0v) is 8.52. The minimum atomic E-state index is -1.02. The van der Waals surface area contributed by atoms with Crippen LogP contribution in [0.15, 0.2) is 24.3 Å². The third-order valence-corrected chi connectivity index (χ3v) is 2.83. The molecule has 2 rings (SSSR count).